The quantitative estimate of drug-likeness (QED) is 0.721. The number of hydrogen-bond acceptors (Lipinski definition) is 3. The molecule has 1 heterocycles. The number of alkyl halides is 3. The fraction of sp³-hybridized carbons (Fsp3) is 0.278. The van der Waals surface area contributed by atoms with Crippen molar-refractivity contribution in [3.05, 3.63) is 59.9 Å². The van der Waals surface area contributed by atoms with Gasteiger partial charge in [0.25, 0.3) is 5.91 Å². The van der Waals surface area contributed by atoms with Crippen LogP contribution >= 0.6 is 0 Å². The van der Waals surface area contributed by atoms with Crippen LogP contribution in [0, 0.1) is 6.92 Å². The smallest absolute Gasteiger partial charge is 0.434 e. The van der Waals surface area contributed by atoms with Crippen molar-refractivity contribution in [1.82, 2.24) is 15.1 Å². The maximum atomic E-state index is 13.6. The number of nitrogens with zero attached hydrogens (tertiary/aromatic N) is 2. The highest BCUT2D eigenvalue weighted by Gasteiger charge is 2.41. The van der Waals surface area contributed by atoms with Crippen LogP contribution in [0.5, 0.6) is 0 Å². The van der Waals surface area contributed by atoms with E-state index in [0.717, 1.165) is 6.20 Å². The van der Waals surface area contributed by atoms with Crippen molar-refractivity contribution in [2.75, 3.05) is 0 Å². The summed E-state index contributed by atoms with van der Waals surface area (Å²) in [5.41, 5.74) is -1.30. The first-order valence-electron chi connectivity index (χ1n) is 8.02. The number of amides is 1. The summed E-state index contributed by atoms with van der Waals surface area (Å²) in [6.07, 6.45) is -2.33. The van der Waals surface area contributed by atoms with Crippen LogP contribution in [0.15, 0.2) is 43.1 Å². The van der Waals surface area contributed by atoms with Gasteiger partial charge in [-0.15, -0.1) is 6.58 Å². The largest absolute Gasteiger partial charge is 0.480 e. The Hall–Kier alpha value is -3.10. The number of allylic oxidation sites excluding steroid dienone is 1. The van der Waals surface area contributed by atoms with Crippen molar-refractivity contribution in [3.63, 3.8) is 0 Å². The number of benzene rings is 1. The molecule has 0 spiro atoms. The van der Waals surface area contributed by atoms with E-state index in [4.69, 9.17) is 5.11 Å². The van der Waals surface area contributed by atoms with Crippen LogP contribution in [0.25, 0.3) is 5.69 Å². The van der Waals surface area contributed by atoms with Crippen LogP contribution in [0.4, 0.5) is 13.2 Å². The molecule has 1 aromatic carbocycles. The van der Waals surface area contributed by atoms with Crippen molar-refractivity contribution >= 4 is 11.9 Å². The summed E-state index contributed by atoms with van der Waals surface area (Å²) in [6, 6.07) is 4.95. The molecule has 0 aliphatic rings. The fourth-order valence-corrected chi connectivity index (χ4v) is 2.55. The second-order valence-electron chi connectivity index (χ2n) is 5.83. The SMILES string of the molecule is C=CCCC(NC(=O)c1cnn(-c2ccccc2C)c1C(F)(F)F)C(=O)O. The minimum absolute atomic E-state index is 0.0118. The number of carbonyl (C=O) groups excluding carboxylic acids is 1. The third-order valence-corrected chi connectivity index (χ3v) is 3.89. The van der Waals surface area contributed by atoms with Crippen LogP contribution in [-0.2, 0) is 11.0 Å². The average molecular weight is 381 g/mol. The summed E-state index contributed by atoms with van der Waals surface area (Å²) in [4.78, 5) is 23.6. The number of aromatic nitrogens is 2. The number of halogens is 3. The molecule has 2 aromatic rings. The van der Waals surface area contributed by atoms with Crippen LogP contribution in [0.3, 0.4) is 0 Å². The lowest BCUT2D eigenvalue weighted by Crippen LogP contribution is -2.41. The lowest BCUT2D eigenvalue weighted by molar-refractivity contribution is -0.143. The van der Waals surface area contributed by atoms with E-state index in [1.54, 1.807) is 25.1 Å². The summed E-state index contributed by atoms with van der Waals surface area (Å²) < 4.78 is 41.6. The molecule has 0 saturated carbocycles. The number of carboxylic acid groups (broad SMARTS) is 1. The van der Waals surface area contributed by atoms with E-state index in [1.165, 1.54) is 12.1 Å². The lowest BCUT2D eigenvalue weighted by atomic mass is 10.1. The standard InChI is InChI=1S/C18H18F3N3O3/c1-3-4-8-13(17(26)27)23-16(25)12-10-22-24(15(12)18(19,20)21)14-9-6-5-7-11(14)2/h3,5-7,9-10,13H,1,4,8H2,2H3,(H,23,25)(H,26,27). The number of hydrogen-bond donors (Lipinski definition) is 2. The van der Waals surface area contributed by atoms with Gasteiger partial charge in [-0.2, -0.15) is 18.3 Å². The number of rotatable bonds is 7. The Morgan fingerprint density at radius 1 is 1.37 bits per heavy atom. The maximum Gasteiger partial charge on any atom is 0.434 e. The first kappa shape index (κ1) is 20.2. The van der Waals surface area contributed by atoms with Crippen LogP contribution < -0.4 is 5.32 Å². The first-order chi connectivity index (χ1) is 12.7. The Morgan fingerprint density at radius 3 is 2.59 bits per heavy atom. The van der Waals surface area contributed by atoms with Crippen LogP contribution in [0.2, 0.25) is 0 Å². The van der Waals surface area contributed by atoms with Gasteiger partial charge >= 0.3 is 12.1 Å². The molecule has 6 nitrogen and oxygen atoms in total. The predicted molar refractivity (Wildman–Crippen MR) is 91.6 cm³/mol. The average Bonchev–Trinajstić information content (AvgIpc) is 3.04. The third-order valence-electron chi connectivity index (χ3n) is 3.89. The van der Waals surface area contributed by atoms with E-state index in [1.807, 2.05) is 0 Å². The van der Waals surface area contributed by atoms with Gasteiger partial charge in [0.15, 0.2) is 5.69 Å². The Kier molecular flexibility index (Phi) is 6.04. The second-order valence-corrected chi connectivity index (χ2v) is 5.83. The van der Waals surface area contributed by atoms with Crippen molar-refractivity contribution in [2.45, 2.75) is 32.0 Å². The number of carbonyl (C=O) groups is 2. The topological polar surface area (TPSA) is 84.2 Å². The highest BCUT2D eigenvalue weighted by atomic mass is 19.4. The van der Waals surface area contributed by atoms with Gasteiger partial charge in [0.1, 0.15) is 6.04 Å². The second kappa shape index (κ2) is 8.07. The number of nitrogens with one attached hydrogen (secondary N) is 1. The zero-order valence-electron chi connectivity index (χ0n) is 14.5. The van der Waals surface area contributed by atoms with Gasteiger partial charge in [0, 0.05) is 0 Å². The molecule has 0 bridgehead atoms. The number of carboxylic acids is 1. The van der Waals surface area contributed by atoms with Gasteiger partial charge in [0.05, 0.1) is 17.4 Å². The molecule has 0 aliphatic carbocycles. The maximum absolute atomic E-state index is 13.6. The molecular weight excluding hydrogens is 363 g/mol. The van der Waals surface area contributed by atoms with Crippen molar-refractivity contribution in [3.8, 4) is 5.69 Å². The summed E-state index contributed by atoms with van der Waals surface area (Å²) >= 11 is 0. The van der Waals surface area contributed by atoms with E-state index in [0.29, 0.717) is 10.2 Å². The highest BCUT2D eigenvalue weighted by Crippen LogP contribution is 2.34. The van der Waals surface area contributed by atoms with Crippen LogP contribution in [-0.4, -0.2) is 32.8 Å². The molecule has 9 heteroatoms. The summed E-state index contributed by atoms with van der Waals surface area (Å²) in [5.74, 6) is -2.50. The summed E-state index contributed by atoms with van der Waals surface area (Å²) in [5, 5.41) is 15.0. The van der Waals surface area contributed by atoms with Crippen molar-refractivity contribution in [2.24, 2.45) is 0 Å². The summed E-state index contributed by atoms with van der Waals surface area (Å²) in [7, 11) is 0. The Balaban J connectivity index is 2.45. The number of para-hydroxylation sites is 1. The third kappa shape index (κ3) is 4.55. The van der Waals surface area contributed by atoms with Gasteiger partial charge in [-0.05, 0) is 31.4 Å². The molecule has 27 heavy (non-hydrogen) atoms. The normalized spacial score (nSPS) is 12.4. The molecule has 1 amide bonds. The highest BCUT2D eigenvalue weighted by molar-refractivity contribution is 5.97. The van der Waals surface area contributed by atoms with Gasteiger partial charge in [-0.25, -0.2) is 9.48 Å². The molecule has 0 radical (unpaired) electrons. The Labute approximate surface area is 153 Å². The van der Waals surface area contributed by atoms with Gasteiger partial charge in [-0.3, -0.25) is 4.79 Å². The fourth-order valence-electron chi connectivity index (χ4n) is 2.55. The molecule has 1 atom stereocenters. The molecule has 0 saturated heterocycles. The van der Waals surface area contributed by atoms with Crippen molar-refractivity contribution in [1.29, 1.82) is 0 Å². The number of aliphatic carboxylic acids is 1. The molecule has 2 rings (SSSR count). The van der Waals surface area contributed by atoms with E-state index < -0.39 is 35.4 Å². The minimum atomic E-state index is -4.87. The van der Waals surface area contributed by atoms with E-state index in [2.05, 4.69) is 17.0 Å². The Bertz CT molecular complexity index is 859. The van der Waals surface area contributed by atoms with E-state index in [-0.39, 0.29) is 18.5 Å². The molecule has 1 unspecified atom stereocenters. The van der Waals surface area contributed by atoms with Gasteiger partial charge in [0.2, 0.25) is 0 Å². The molecule has 0 fully saturated rings. The number of aryl methyl sites for hydroxylation is 1. The Morgan fingerprint density at radius 2 is 2.04 bits per heavy atom. The first-order valence-corrected chi connectivity index (χ1v) is 8.02. The van der Waals surface area contributed by atoms with Crippen LogP contribution in [0.1, 0.15) is 34.5 Å². The minimum Gasteiger partial charge on any atom is -0.480 e. The van der Waals surface area contributed by atoms with E-state index in [9.17, 15) is 22.8 Å². The zero-order chi connectivity index (χ0) is 20.2. The van der Waals surface area contributed by atoms with Gasteiger partial charge < -0.3 is 10.4 Å². The van der Waals surface area contributed by atoms with Crippen molar-refractivity contribution < 1.29 is 27.9 Å². The monoisotopic (exact) mass is 381 g/mol. The molecule has 1 aromatic heterocycles. The predicted octanol–water partition coefficient (Wildman–Crippen LogP) is 3.35. The molecule has 2 N–H and O–H groups in total. The van der Waals surface area contributed by atoms with Gasteiger partial charge in [-0.1, -0.05) is 24.3 Å². The molecule has 0 aliphatic heterocycles. The molecule has 144 valence electrons. The molecular formula is C18H18F3N3O3. The lowest BCUT2D eigenvalue weighted by Gasteiger charge is -2.16. The van der Waals surface area contributed by atoms with E-state index >= 15 is 0 Å². The zero-order valence-corrected chi connectivity index (χ0v) is 14.5. The summed E-state index contributed by atoms with van der Waals surface area (Å²) in [6.45, 7) is 5.07.